The molecule has 0 aliphatic carbocycles. The number of hydrogen-bond donors (Lipinski definition) is 2. The predicted molar refractivity (Wildman–Crippen MR) is 63.8 cm³/mol. The lowest BCUT2D eigenvalue weighted by molar-refractivity contribution is -0.137. The van der Waals surface area contributed by atoms with Crippen molar-refractivity contribution >= 4 is 12.0 Å². The Morgan fingerprint density at radius 3 is 2.00 bits per heavy atom. The zero-order valence-electron chi connectivity index (χ0n) is 10.6. The van der Waals surface area contributed by atoms with Crippen LogP contribution >= 0.6 is 0 Å². The first-order valence-corrected chi connectivity index (χ1v) is 5.93. The molecule has 0 bridgehead atoms. The van der Waals surface area contributed by atoms with Gasteiger partial charge in [-0.3, -0.25) is 4.79 Å². The van der Waals surface area contributed by atoms with Crippen LogP contribution in [0.15, 0.2) is 0 Å². The molecule has 0 aliphatic heterocycles. The fourth-order valence-electron chi connectivity index (χ4n) is 1.47. The van der Waals surface area contributed by atoms with Crippen LogP contribution < -0.4 is 0 Å². The molecule has 6 heteroatoms. The second kappa shape index (κ2) is 8.81. The smallest absolute Gasteiger partial charge is 0.319 e. The fraction of sp³-hybridized carbons (Fsp3) is 0.818. The summed E-state index contributed by atoms with van der Waals surface area (Å²) >= 11 is 0. The Morgan fingerprint density at radius 2 is 1.59 bits per heavy atom. The molecule has 0 atom stereocenters. The summed E-state index contributed by atoms with van der Waals surface area (Å²) in [5.74, 6) is -0.908. The maximum absolute atomic E-state index is 12.0. The van der Waals surface area contributed by atoms with Gasteiger partial charge in [0.25, 0.3) is 0 Å². The lowest BCUT2D eigenvalue weighted by Gasteiger charge is -2.28. The Kier molecular flexibility index (Phi) is 8.13. The van der Waals surface area contributed by atoms with E-state index in [4.69, 9.17) is 10.2 Å². The highest BCUT2D eigenvalue weighted by molar-refractivity contribution is 5.75. The van der Waals surface area contributed by atoms with Gasteiger partial charge in [-0.15, -0.1) is 0 Å². The molecule has 0 aromatic carbocycles. The SMILES string of the molecule is CCN(CCCO)C(=O)N(CC)CCC(=O)O. The van der Waals surface area contributed by atoms with Crippen molar-refractivity contribution in [3.05, 3.63) is 0 Å². The van der Waals surface area contributed by atoms with E-state index in [9.17, 15) is 9.59 Å². The summed E-state index contributed by atoms with van der Waals surface area (Å²) in [5.41, 5.74) is 0. The number of carbonyl (C=O) groups is 2. The van der Waals surface area contributed by atoms with Gasteiger partial charge < -0.3 is 20.0 Å². The van der Waals surface area contributed by atoms with Crippen LogP contribution in [-0.4, -0.2) is 64.8 Å². The molecule has 17 heavy (non-hydrogen) atoms. The van der Waals surface area contributed by atoms with Crippen molar-refractivity contribution in [3.63, 3.8) is 0 Å². The van der Waals surface area contributed by atoms with Gasteiger partial charge in [0, 0.05) is 32.8 Å². The molecule has 0 rings (SSSR count). The number of carboxylic acid groups (broad SMARTS) is 1. The summed E-state index contributed by atoms with van der Waals surface area (Å²) in [6.45, 7) is 5.49. The third-order valence-corrected chi connectivity index (χ3v) is 2.49. The van der Waals surface area contributed by atoms with Gasteiger partial charge in [0.05, 0.1) is 6.42 Å². The summed E-state index contributed by atoms with van der Waals surface area (Å²) < 4.78 is 0. The van der Waals surface area contributed by atoms with E-state index in [-0.39, 0.29) is 25.6 Å². The molecular formula is C11H22N2O4. The Balaban J connectivity index is 4.31. The minimum absolute atomic E-state index is 0.0445. The molecule has 2 amide bonds. The van der Waals surface area contributed by atoms with Crippen LogP contribution in [0.2, 0.25) is 0 Å². The van der Waals surface area contributed by atoms with Gasteiger partial charge in [0.1, 0.15) is 0 Å². The first kappa shape index (κ1) is 15.7. The van der Waals surface area contributed by atoms with Crippen molar-refractivity contribution in [2.45, 2.75) is 26.7 Å². The highest BCUT2D eigenvalue weighted by atomic mass is 16.4. The number of rotatable bonds is 8. The Labute approximate surface area is 102 Å². The number of aliphatic carboxylic acids is 1. The van der Waals surface area contributed by atoms with Crippen molar-refractivity contribution in [3.8, 4) is 0 Å². The maximum Gasteiger partial charge on any atom is 0.319 e. The third kappa shape index (κ3) is 6.11. The molecule has 0 heterocycles. The number of amides is 2. The average Bonchev–Trinajstić information content (AvgIpc) is 2.30. The quantitative estimate of drug-likeness (QED) is 0.657. The molecule has 0 saturated heterocycles. The average molecular weight is 246 g/mol. The van der Waals surface area contributed by atoms with E-state index >= 15 is 0 Å². The van der Waals surface area contributed by atoms with E-state index in [2.05, 4.69) is 0 Å². The van der Waals surface area contributed by atoms with Crippen molar-refractivity contribution in [1.82, 2.24) is 9.80 Å². The summed E-state index contributed by atoms with van der Waals surface area (Å²) in [7, 11) is 0. The second-order valence-corrected chi connectivity index (χ2v) is 3.66. The number of aliphatic hydroxyl groups is 1. The largest absolute Gasteiger partial charge is 0.481 e. The van der Waals surface area contributed by atoms with Crippen LogP contribution in [-0.2, 0) is 4.79 Å². The molecule has 0 unspecified atom stereocenters. The number of nitrogens with zero attached hydrogens (tertiary/aromatic N) is 2. The topological polar surface area (TPSA) is 81.1 Å². The lowest BCUT2D eigenvalue weighted by atomic mass is 10.3. The van der Waals surface area contributed by atoms with E-state index in [1.165, 1.54) is 4.90 Å². The molecule has 2 N–H and O–H groups in total. The van der Waals surface area contributed by atoms with Crippen LogP contribution in [0.4, 0.5) is 4.79 Å². The first-order valence-electron chi connectivity index (χ1n) is 5.93. The van der Waals surface area contributed by atoms with Gasteiger partial charge in [-0.05, 0) is 20.3 Å². The molecule has 0 aromatic heterocycles. The maximum atomic E-state index is 12.0. The number of carboxylic acids is 1. The monoisotopic (exact) mass is 246 g/mol. The molecule has 0 aliphatic rings. The van der Waals surface area contributed by atoms with Crippen molar-refractivity contribution < 1.29 is 19.8 Å². The molecule has 0 radical (unpaired) electrons. The van der Waals surface area contributed by atoms with Crippen LogP contribution in [0.25, 0.3) is 0 Å². The molecule has 6 nitrogen and oxygen atoms in total. The Morgan fingerprint density at radius 1 is 1.06 bits per heavy atom. The normalized spacial score (nSPS) is 10.1. The first-order chi connectivity index (χ1) is 8.06. The van der Waals surface area contributed by atoms with Gasteiger partial charge in [-0.1, -0.05) is 0 Å². The van der Waals surface area contributed by atoms with E-state index < -0.39 is 5.97 Å². The zero-order valence-corrected chi connectivity index (χ0v) is 10.6. The number of urea groups is 1. The summed E-state index contributed by atoms with van der Waals surface area (Å²) in [6.07, 6.45) is 0.493. The van der Waals surface area contributed by atoms with E-state index in [0.29, 0.717) is 26.1 Å². The molecule has 0 fully saturated rings. The van der Waals surface area contributed by atoms with Crippen LogP contribution in [0.1, 0.15) is 26.7 Å². The Hall–Kier alpha value is -1.30. The Bertz CT molecular complexity index is 246. The van der Waals surface area contributed by atoms with Gasteiger partial charge in [-0.25, -0.2) is 4.79 Å². The number of aliphatic hydroxyl groups excluding tert-OH is 1. The molecule has 100 valence electrons. The number of carbonyl (C=O) groups excluding carboxylic acids is 1. The standard InChI is InChI=1S/C11H22N2O4/c1-3-12(7-5-9-14)11(17)13(4-2)8-6-10(15)16/h14H,3-9H2,1-2H3,(H,15,16). The lowest BCUT2D eigenvalue weighted by Crippen LogP contribution is -2.44. The zero-order chi connectivity index (χ0) is 13.3. The van der Waals surface area contributed by atoms with Gasteiger partial charge in [0.2, 0.25) is 0 Å². The molecule has 0 spiro atoms. The summed E-state index contributed by atoms with van der Waals surface area (Å²) in [4.78, 5) is 25.6. The van der Waals surface area contributed by atoms with Crippen molar-refractivity contribution in [2.24, 2.45) is 0 Å². The van der Waals surface area contributed by atoms with Crippen molar-refractivity contribution in [2.75, 3.05) is 32.8 Å². The number of hydrogen-bond acceptors (Lipinski definition) is 3. The fourth-order valence-corrected chi connectivity index (χ4v) is 1.47. The highest BCUT2D eigenvalue weighted by Crippen LogP contribution is 2.02. The summed E-state index contributed by atoms with van der Waals surface area (Å²) in [6, 6.07) is -0.162. The molecular weight excluding hydrogens is 224 g/mol. The third-order valence-electron chi connectivity index (χ3n) is 2.49. The van der Waals surface area contributed by atoms with Gasteiger partial charge >= 0.3 is 12.0 Å². The van der Waals surface area contributed by atoms with Gasteiger partial charge in [0.15, 0.2) is 0 Å². The van der Waals surface area contributed by atoms with E-state index in [1.54, 1.807) is 4.90 Å². The van der Waals surface area contributed by atoms with Gasteiger partial charge in [-0.2, -0.15) is 0 Å². The van der Waals surface area contributed by atoms with Crippen molar-refractivity contribution in [1.29, 1.82) is 0 Å². The van der Waals surface area contributed by atoms with E-state index in [1.807, 2.05) is 13.8 Å². The van der Waals surface area contributed by atoms with Crippen LogP contribution in [0.3, 0.4) is 0 Å². The van der Waals surface area contributed by atoms with Crippen LogP contribution in [0, 0.1) is 0 Å². The second-order valence-electron chi connectivity index (χ2n) is 3.66. The molecule has 0 saturated carbocycles. The predicted octanol–water partition coefficient (Wildman–Crippen LogP) is 0.607. The minimum Gasteiger partial charge on any atom is -0.481 e. The summed E-state index contributed by atoms with van der Waals surface area (Å²) in [5, 5.41) is 17.3. The van der Waals surface area contributed by atoms with E-state index in [0.717, 1.165) is 0 Å². The molecule has 0 aromatic rings. The van der Waals surface area contributed by atoms with Crippen LogP contribution in [0.5, 0.6) is 0 Å². The highest BCUT2D eigenvalue weighted by Gasteiger charge is 2.18. The minimum atomic E-state index is -0.908.